The summed E-state index contributed by atoms with van der Waals surface area (Å²) in [4.78, 5) is 23.3. The first-order valence-electron chi connectivity index (χ1n) is 8.17. The van der Waals surface area contributed by atoms with Crippen LogP contribution in [0.2, 0.25) is 0 Å². The molecule has 2 unspecified atom stereocenters. The zero-order chi connectivity index (χ0) is 15.9. The number of carbonyl (C=O) groups is 2. The number of urea groups is 1. The lowest BCUT2D eigenvalue weighted by molar-refractivity contribution is -0.139. The summed E-state index contributed by atoms with van der Waals surface area (Å²) in [5.41, 5.74) is -0.565. The van der Waals surface area contributed by atoms with Gasteiger partial charge in [-0.05, 0) is 32.1 Å². The van der Waals surface area contributed by atoms with E-state index >= 15 is 0 Å². The highest BCUT2D eigenvalue weighted by atomic mass is 16.4. The lowest BCUT2D eigenvalue weighted by atomic mass is 9.79. The second-order valence-corrected chi connectivity index (χ2v) is 6.66. The quantitative estimate of drug-likeness (QED) is 0.675. The van der Waals surface area contributed by atoms with E-state index in [0.717, 1.165) is 44.9 Å². The van der Waals surface area contributed by atoms with Gasteiger partial charge in [0.05, 0.1) is 12.0 Å². The topological polar surface area (TPSA) is 78.4 Å². The van der Waals surface area contributed by atoms with E-state index in [1.54, 1.807) is 0 Å². The molecule has 0 saturated heterocycles. The second-order valence-electron chi connectivity index (χ2n) is 6.66. The maximum atomic E-state index is 12.2. The number of aliphatic carboxylic acids is 1. The minimum atomic E-state index is -0.843. The number of amides is 2. The molecule has 0 aromatic carbocycles. The van der Waals surface area contributed by atoms with Crippen LogP contribution >= 0.6 is 0 Å². The maximum Gasteiger partial charge on any atom is 0.315 e. The van der Waals surface area contributed by atoms with Crippen LogP contribution in [0, 0.1) is 5.92 Å². The van der Waals surface area contributed by atoms with E-state index in [2.05, 4.69) is 24.5 Å². The van der Waals surface area contributed by atoms with E-state index < -0.39 is 11.5 Å². The number of carboxylic acid groups (broad SMARTS) is 1. The van der Waals surface area contributed by atoms with E-state index in [1.165, 1.54) is 0 Å². The summed E-state index contributed by atoms with van der Waals surface area (Å²) in [5.74, 6) is -0.271. The fourth-order valence-corrected chi connectivity index (χ4v) is 3.19. The molecule has 2 amide bonds. The van der Waals surface area contributed by atoms with Gasteiger partial charge in [-0.2, -0.15) is 0 Å². The summed E-state index contributed by atoms with van der Waals surface area (Å²) >= 11 is 0. The van der Waals surface area contributed by atoms with Gasteiger partial charge in [-0.15, -0.1) is 0 Å². The molecule has 0 aromatic rings. The molecular weight excluding hydrogens is 268 g/mol. The molecule has 1 aliphatic carbocycles. The van der Waals surface area contributed by atoms with Crippen molar-refractivity contribution in [1.29, 1.82) is 0 Å². The SMILES string of the molecule is CCC(C)CC(C)NC(=O)NC1(CC(=O)O)CCCCC1. The number of hydrogen-bond donors (Lipinski definition) is 3. The van der Waals surface area contributed by atoms with Crippen molar-refractivity contribution in [2.24, 2.45) is 5.92 Å². The third-order valence-corrected chi connectivity index (χ3v) is 4.51. The van der Waals surface area contributed by atoms with Gasteiger partial charge in [-0.1, -0.05) is 39.5 Å². The summed E-state index contributed by atoms with van der Waals surface area (Å²) in [6, 6.07) is -0.126. The van der Waals surface area contributed by atoms with E-state index in [9.17, 15) is 9.59 Å². The molecule has 3 N–H and O–H groups in total. The highest BCUT2D eigenvalue weighted by Gasteiger charge is 2.36. The Balaban J connectivity index is 2.54. The van der Waals surface area contributed by atoms with Crippen LogP contribution in [0.15, 0.2) is 0 Å². The van der Waals surface area contributed by atoms with Gasteiger partial charge in [-0.3, -0.25) is 4.79 Å². The van der Waals surface area contributed by atoms with Gasteiger partial charge < -0.3 is 15.7 Å². The summed E-state index contributed by atoms with van der Waals surface area (Å²) < 4.78 is 0. The smallest absolute Gasteiger partial charge is 0.315 e. The average molecular weight is 298 g/mol. The van der Waals surface area contributed by atoms with E-state index in [4.69, 9.17) is 5.11 Å². The van der Waals surface area contributed by atoms with E-state index in [-0.39, 0.29) is 18.5 Å². The molecule has 0 aromatic heterocycles. The largest absolute Gasteiger partial charge is 0.481 e. The van der Waals surface area contributed by atoms with Crippen LogP contribution in [0.4, 0.5) is 4.79 Å². The minimum absolute atomic E-state index is 0.0141. The van der Waals surface area contributed by atoms with Crippen LogP contribution < -0.4 is 10.6 Å². The Morgan fingerprint density at radius 2 is 1.81 bits per heavy atom. The summed E-state index contributed by atoms with van der Waals surface area (Å²) in [6.07, 6.45) is 6.65. The van der Waals surface area contributed by atoms with Crippen molar-refractivity contribution in [1.82, 2.24) is 10.6 Å². The standard InChI is InChI=1S/C16H30N2O3/c1-4-12(2)10-13(3)17-15(21)18-16(11-14(19)20)8-6-5-7-9-16/h12-13H,4-11H2,1-3H3,(H,19,20)(H2,17,18,21). The van der Waals surface area contributed by atoms with Gasteiger partial charge >= 0.3 is 12.0 Å². The van der Waals surface area contributed by atoms with E-state index in [1.807, 2.05) is 6.92 Å². The van der Waals surface area contributed by atoms with Crippen LogP contribution in [0.1, 0.15) is 72.1 Å². The predicted molar refractivity (Wildman–Crippen MR) is 83.3 cm³/mol. The molecule has 5 heteroatoms. The number of carboxylic acids is 1. The van der Waals surface area contributed by atoms with Crippen molar-refractivity contribution in [3.63, 3.8) is 0 Å². The Kier molecular flexibility index (Phi) is 6.99. The molecule has 2 atom stereocenters. The third-order valence-electron chi connectivity index (χ3n) is 4.51. The van der Waals surface area contributed by atoms with Gasteiger partial charge in [0, 0.05) is 6.04 Å². The zero-order valence-electron chi connectivity index (χ0n) is 13.6. The molecule has 0 bridgehead atoms. The lowest BCUT2D eigenvalue weighted by Gasteiger charge is -2.37. The zero-order valence-corrected chi connectivity index (χ0v) is 13.6. The normalized spacial score (nSPS) is 20.3. The molecule has 1 saturated carbocycles. The molecule has 5 nitrogen and oxygen atoms in total. The van der Waals surface area contributed by atoms with Gasteiger partial charge in [0.1, 0.15) is 0 Å². The third kappa shape index (κ3) is 6.36. The molecule has 0 radical (unpaired) electrons. The van der Waals surface area contributed by atoms with E-state index in [0.29, 0.717) is 5.92 Å². The number of hydrogen-bond acceptors (Lipinski definition) is 2. The fourth-order valence-electron chi connectivity index (χ4n) is 3.19. The minimum Gasteiger partial charge on any atom is -0.481 e. The van der Waals surface area contributed by atoms with Gasteiger partial charge in [0.25, 0.3) is 0 Å². The molecule has 1 aliphatic rings. The summed E-state index contributed by atoms with van der Waals surface area (Å²) in [7, 11) is 0. The Labute approximate surface area is 127 Å². The Morgan fingerprint density at radius 3 is 2.33 bits per heavy atom. The summed E-state index contributed by atoms with van der Waals surface area (Å²) in [6.45, 7) is 6.31. The molecule has 21 heavy (non-hydrogen) atoms. The van der Waals surface area contributed by atoms with Crippen LogP contribution in [0.25, 0.3) is 0 Å². The Hall–Kier alpha value is -1.26. The molecule has 1 fully saturated rings. The van der Waals surface area contributed by atoms with Crippen molar-refractivity contribution in [2.45, 2.75) is 83.7 Å². The first-order valence-corrected chi connectivity index (χ1v) is 8.17. The fraction of sp³-hybridized carbons (Fsp3) is 0.875. The average Bonchev–Trinajstić information content (AvgIpc) is 2.37. The Morgan fingerprint density at radius 1 is 1.19 bits per heavy atom. The number of nitrogens with one attached hydrogen (secondary N) is 2. The van der Waals surface area contributed by atoms with Crippen molar-refractivity contribution < 1.29 is 14.7 Å². The number of carbonyl (C=O) groups excluding carboxylic acids is 1. The molecule has 0 spiro atoms. The first-order chi connectivity index (χ1) is 9.87. The Bertz CT molecular complexity index is 351. The predicted octanol–water partition coefficient (Wildman–Crippen LogP) is 3.29. The molecule has 122 valence electrons. The van der Waals surface area contributed by atoms with Crippen LogP contribution in [0.5, 0.6) is 0 Å². The van der Waals surface area contributed by atoms with Gasteiger partial charge in [-0.25, -0.2) is 4.79 Å². The monoisotopic (exact) mass is 298 g/mol. The van der Waals surface area contributed by atoms with Gasteiger partial charge in [0.15, 0.2) is 0 Å². The maximum absolute atomic E-state index is 12.2. The lowest BCUT2D eigenvalue weighted by Crippen LogP contribution is -2.55. The number of rotatable bonds is 7. The van der Waals surface area contributed by atoms with Crippen LogP contribution in [-0.4, -0.2) is 28.7 Å². The van der Waals surface area contributed by atoms with Crippen molar-refractivity contribution >= 4 is 12.0 Å². The summed E-state index contributed by atoms with van der Waals surface area (Å²) in [5, 5.41) is 15.0. The second kappa shape index (κ2) is 8.25. The van der Waals surface area contributed by atoms with Crippen LogP contribution in [-0.2, 0) is 4.79 Å². The van der Waals surface area contributed by atoms with Gasteiger partial charge in [0.2, 0.25) is 0 Å². The first kappa shape index (κ1) is 17.8. The van der Waals surface area contributed by atoms with Crippen LogP contribution in [0.3, 0.4) is 0 Å². The van der Waals surface area contributed by atoms with Crippen molar-refractivity contribution in [3.05, 3.63) is 0 Å². The van der Waals surface area contributed by atoms with Crippen molar-refractivity contribution in [3.8, 4) is 0 Å². The highest BCUT2D eigenvalue weighted by Crippen LogP contribution is 2.31. The highest BCUT2D eigenvalue weighted by molar-refractivity contribution is 5.77. The molecular formula is C16H30N2O3. The molecule has 1 rings (SSSR count). The molecule has 0 heterocycles. The molecule has 0 aliphatic heterocycles. The van der Waals surface area contributed by atoms with Crippen molar-refractivity contribution in [2.75, 3.05) is 0 Å².